The number of phenols is 1. The summed E-state index contributed by atoms with van der Waals surface area (Å²) in [5.74, 6) is -1.61. The van der Waals surface area contributed by atoms with Gasteiger partial charge in [0.1, 0.15) is 5.75 Å². The van der Waals surface area contributed by atoms with Crippen molar-refractivity contribution >= 4 is 29.4 Å². The SMILES string of the molecule is O=C1[C@@H]2[C@@H](C(=O)N1c1ccccc1)C1c3ccccc3C2(C=Nc2cccc(O)c2)c2ccccc21. The van der Waals surface area contributed by atoms with Gasteiger partial charge in [-0.15, -0.1) is 0 Å². The van der Waals surface area contributed by atoms with Gasteiger partial charge in [0.15, 0.2) is 0 Å². The molecule has 4 aromatic rings. The van der Waals surface area contributed by atoms with E-state index in [2.05, 4.69) is 24.3 Å². The zero-order valence-corrected chi connectivity index (χ0v) is 19.3. The van der Waals surface area contributed by atoms with Crippen molar-refractivity contribution in [2.45, 2.75) is 11.3 Å². The van der Waals surface area contributed by atoms with Gasteiger partial charge in [-0.2, -0.15) is 0 Å². The maximum absolute atomic E-state index is 14.2. The summed E-state index contributed by atoms with van der Waals surface area (Å²) in [6.07, 6.45) is 1.84. The summed E-state index contributed by atoms with van der Waals surface area (Å²) in [5.41, 5.74) is 4.40. The Labute approximate surface area is 208 Å². The van der Waals surface area contributed by atoms with E-state index in [0.29, 0.717) is 11.4 Å². The molecule has 174 valence electrons. The van der Waals surface area contributed by atoms with Crippen LogP contribution in [0.1, 0.15) is 28.2 Å². The second kappa shape index (κ2) is 7.49. The van der Waals surface area contributed by atoms with Gasteiger partial charge >= 0.3 is 0 Å². The van der Waals surface area contributed by atoms with Crippen molar-refractivity contribution < 1.29 is 14.7 Å². The number of para-hydroxylation sites is 1. The van der Waals surface area contributed by atoms with E-state index in [1.54, 1.807) is 18.2 Å². The van der Waals surface area contributed by atoms with Crippen LogP contribution < -0.4 is 4.90 Å². The molecule has 3 aliphatic carbocycles. The van der Waals surface area contributed by atoms with Crippen LogP contribution in [-0.4, -0.2) is 23.1 Å². The fourth-order valence-corrected chi connectivity index (χ4v) is 6.63. The number of aliphatic imine (C=N–C) groups is 1. The van der Waals surface area contributed by atoms with Crippen molar-refractivity contribution in [1.82, 2.24) is 0 Å². The number of imide groups is 1. The molecule has 5 heteroatoms. The number of nitrogens with zero attached hydrogens (tertiary/aromatic N) is 2. The van der Waals surface area contributed by atoms with Crippen LogP contribution >= 0.6 is 0 Å². The Morgan fingerprint density at radius 2 is 1.39 bits per heavy atom. The van der Waals surface area contributed by atoms with E-state index >= 15 is 0 Å². The number of carbonyl (C=O) groups excluding carboxylic acids is 2. The molecule has 1 heterocycles. The molecule has 1 N–H and O–H groups in total. The lowest BCUT2D eigenvalue weighted by atomic mass is 9.47. The van der Waals surface area contributed by atoms with Crippen molar-refractivity contribution in [1.29, 1.82) is 0 Å². The van der Waals surface area contributed by atoms with Crippen molar-refractivity contribution in [2.24, 2.45) is 16.8 Å². The van der Waals surface area contributed by atoms with E-state index < -0.39 is 17.3 Å². The quantitative estimate of drug-likeness (QED) is 0.324. The molecule has 4 aliphatic rings. The Morgan fingerprint density at radius 1 is 0.750 bits per heavy atom. The highest BCUT2D eigenvalue weighted by atomic mass is 16.3. The van der Waals surface area contributed by atoms with Crippen molar-refractivity contribution in [3.8, 4) is 5.75 Å². The topological polar surface area (TPSA) is 70.0 Å². The molecule has 1 fully saturated rings. The van der Waals surface area contributed by atoms with E-state index in [1.807, 2.05) is 66.9 Å². The second-order valence-electron chi connectivity index (χ2n) is 9.65. The average Bonchev–Trinajstić information content (AvgIpc) is 3.19. The number of benzene rings is 4. The Bertz CT molecular complexity index is 1530. The van der Waals surface area contributed by atoms with E-state index in [4.69, 9.17) is 4.99 Å². The first kappa shape index (κ1) is 20.8. The molecule has 0 saturated carbocycles. The number of anilines is 1. The van der Waals surface area contributed by atoms with Gasteiger partial charge in [0.25, 0.3) is 0 Å². The molecule has 0 radical (unpaired) electrons. The highest BCUT2D eigenvalue weighted by Gasteiger charge is 2.67. The predicted molar refractivity (Wildman–Crippen MR) is 138 cm³/mol. The molecule has 0 aromatic heterocycles. The maximum atomic E-state index is 14.2. The summed E-state index contributed by atoms with van der Waals surface area (Å²) in [5, 5.41) is 10.0. The van der Waals surface area contributed by atoms with Gasteiger partial charge in [0.2, 0.25) is 11.8 Å². The van der Waals surface area contributed by atoms with Gasteiger partial charge in [-0.25, -0.2) is 4.90 Å². The fourth-order valence-electron chi connectivity index (χ4n) is 6.63. The van der Waals surface area contributed by atoms with E-state index in [0.717, 1.165) is 22.3 Å². The number of carbonyl (C=O) groups is 2. The lowest BCUT2D eigenvalue weighted by molar-refractivity contribution is -0.122. The number of rotatable bonds is 3. The number of hydrogen-bond donors (Lipinski definition) is 1. The third kappa shape index (κ3) is 2.63. The van der Waals surface area contributed by atoms with Crippen LogP contribution in [0.3, 0.4) is 0 Å². The van der Waals surface area contributed by atoms with Crippen molar-refractivity contribution in [2.75, 3.05) is 4.90 Å². The second-order valence-corrected chi connectivity index (χ2v) is 9.65. The Kier molecular flexibility index (Phi) is 4.33. The monoisotopic (exact) mass is 470 g/mol. The van der Waals surface area contributed by atoms with Crippen LogP contribution in [-0.2, 0) is 15.0 Å². The first-order valence-corrected chi connectivity index (χ1v) is 12.1. The Balaban J connectivity index is 1.52. The minimum absolute atomic E-state index is 0.121. The molecule has 36 heavy (non-hydrogen) atoms. The number of aromatic hydroxyl groups is 1. The molecule has 8 rings (SSSR count). The molecule has 2 amide bonds. The number of amides is 2. The molecular weight excluding hydrogens is 448 g/mol. The van der Waals surface area contributed by atoms with Crippen LogP contribution in [0, 0.1) is 11.8 Å². The highest BCUT2D eigenvalue weighted by molar-refractivity contribution is 6.25. The zero-order chi connectivity index (χ0) is 24.4. The summed E-state index contributed by atoms with van der Waals surface area (Å²) in [6.45, 7) is 0. The number of hydrogen-bond acceptors (Lipinski definition) is 4. The molecular formula is C31H22N2O3. The minimum Gasteiger partial charge on any atom is -0.508 e. The molecule has 1 saturated heterocycles. The van der Waals surface area contributed by atoms with Crippen LogP contribution in [0.2, 0.25) is 0 Å². The van der Waals surface area contributed by atoms with Crippen molar-refractivity contribution in [3.63, 3.8) is 0 Å². The number of phenolic OH excluding ortho intramolecular Hbond substituents is 1. The fraction of sp³-hybridized carbons (Fsp3) is 0.129. The van der Waals surface area contributed by atoms with Gasteiger partial charge in [0, 0.05) is 18.2 Å². The predicted octanol–water partition coefficient (Wildman–Crippen LogP) is 5.35. The molecule has 4 aromatic carbocycles. The van der Waals surface area contributed by atoms with E-state index in [1.165, 1.54) is 4.90 Å². The molecule has 0 spiro atoms. The minimum atomic E-state index is -0.922. The first-order chi connectivity index (χ1) is 17.6. The summed E-state index contributed by atoms with van der Waals surface area (Å²) in [7, 11) is 0. The third-order valence-electron chi connectivity index (χ3n) is 7.95. The smallest absolute Gasteiger partial charge is 0.239 e. The van der Waals surface area contributed by atoms with Gasteiger partial charge in [0.05, 0.1) is 28.6 Å². The molecule has 2 bridgehead atoms. The molecule has 1 aliphatic heterocycles. The highest BCUT2D eigenvalue weighted by Crippen LogP contribution is 2.63. The van der Waals surface area contributed by atoms with Crippen molar-refractivity contribution in [3.05, 3.63) is 125 Å². The first-order valence-electron chi connectivity index (χ1n) is 12.1. The van der Waals surface area contributed by atoms with Gasteiger partial charge in [-0.3, -0.25) is 14.6 Å². The van der Waals surface area contributed by atoms with Crippen LogP contribution in [0.25, 0.3) is 0 Å². The standard InChI is InChI=1S/C31H22N2O3/c34-21-12-8-9-19(17-21)32-18-31-24-15-6-4-13-22(24)26(23-14-5-7-16-25(23)31)27-28(31)30(36)33(29(27)35)20-10-2-1-3-11-20/h1-18,26-28,34H/t26?,27-,28-,31?/m0/s1. The lowest BCUT2D eigenvalue weighted by Gasteiger charge is -2.52. The van der Waals surface area contributed by atoms with Crippen LogP contribution in [0.15, 0.2) is 108 Å². The lowest BCUT2D eigenvalue weighted by Crippen LogP contribution is -2.54. The summed E-state index contributed by atoms with van der Waals surface area (Å²) >= 11 is 0. The Morgan fingerprint density at radius 3 is 2.06 bits per heavy atom. The third-order valence-corrected chi connectivity index (χ3v) is 7.95. The van der Waals surface area contributed by atoms with Gasteiger partial charge in [-0.1, -0.05) is 72.8 Å². The molecule has 2 atom stereocenters. The summed E-state index contributed by atoms with van der Waals surface area (Å²) < 4.78 is 0. The maximum Gasteiger partial charge on any atom is 0.239 e. The normalized spacial score (nSPS) is 25.7. The average molecular weight is 471 g/mol. The van der Waals surface area contributed by atoms with Crippen LogP contribution in [0.4, 0.5) is 11.4 Å². The van der Waals surface area contributed by atoms with Crippen LogP contribution in [0.5, 0.6) is 5.75 Å². The Hall–Kier alpha value is -4.51. The molecule has 5 nitrogen and oxygen atoms in total. The molecule has 0 unspecified atom stereocenters. The largest absolute Gasteiger partial charge is 0.508 e. The van der Waals surface area contributed by atoms with Gasteiger partial charge < -0.3 is 5.11 Å². The summed E-state index contributed by atoms with van der Waals surface area (Å²) in [4.78, 5) is 34.5. The zero-order valence-electron chi connectivity index (χ0n) is 19.3. The van der Waals surface area contributed by atoms with Gasteiger partial charge in [-0.05, 0) is 46.5 Å². The summed E-state index contributed by atoms with van der Waals surface area (Å²) in [6, 6.07) is 32.1. The van der Waals surface area contributed by atoms with E-state index in [-0.39, 0.29) is 23.5 Å². The van der Waals surface area contributed by atoms with E-state index in [9.17, 15) is 14.7 Å².